The molecule has 2 N–H and O–H groups in total. The van der Waals surface area contributed by atoms with Crippen LogP contribution in [0.25, 0.3) is 0 Å². The molecule has 0 atom stereocenters. The van der Waals surface area contributed by atoms with Crippen LogP contribution in [-0.4, -0.2) is 43.3 Å². The van der Waals surface area contributed by atoms with Gasteiger partial charge in [-0.05, 0) is 13.3 Å². The van der Waals surface area contributed by atoms with Crippen molar-refractivity contribution in [2.45, 2.75) is 13.3 Å². The van der Waals surface area contributed by atoms with Gasteiger partial charge in [-0.15, -0.1) is 0 Å². The standard InChI is InChI=1S/C8H18N2O5S2/c1-4-8(5-6-9-16(3,11)12)7-10-17(13,14)15-2/h4,9-10H,5-7H2,1-3H3/b8-4-. The molecule has 0 bridgehead atoms. The lowest BCUT2D eigenvalue weighted by Gasteiger charge is -2.08. The third kappa shape index (κ3) is 9.24. The first kappa shape index (κ1) is 16.5. The molecule has 7 nitrogen and oxygen atoms in total. The summed E-state index contributed by atoms with van der Waals surface area (Å²) in [5, 5.41) is 0. The van der Waals surface area contributed by atoms with Gasteiger partial charge in [-0.2, -0.15) is 13.1 Å². The molecular formula is C8H18N2O5S2. The summed E-state index contributed by atoms with van der Waals surface area (Å²) in [6, 6.07) is 0. The van der Waals surface area contributed by atoms with Crippen LogP contribution in [0.1, 0.15) is 13.3 Å². The molecule has 0 aliphatic rings. The van der Waals surface area contributed by atoms with E-state index < -0.39 is 20.3 Å². The van der Waals surface area contributed by atoms with Gasteiger partial charge in [0.25, 0.3) is 0 Å². The zero-order valence-corrected chi connectivity index (χ0v) is 11.7. The summed E-state index contributed by atoms with van der Waals surface area (Å²) in [4.78, 5) is 0. The average molecular weight is 286 g/mol. The van der Waals surface area contributed by atoms with Gasteiger partial charge in [-0.3, -0.25) is 4.18 Å². The highest BCUT2D eigenvalue weighted by Crippen LogP contribution is 2.00. The van der Waals surface area contributed by atoms with Crippen LogP contribution < -0.4 is 9.44 Å². The second kappa shape index (κ2) is 7.07. The quantitative estimate of drug-likeness (QED) is 0.578. The van der Waals surface area contributed by atoms with Crippen molar-refractivity contribution in [3.05, 3.63) is 11.6 Å². The Balaban J connectivity index is 4.12. The van der Waals surface area contributed by atoms with E-state index >= 15 is 0 Å². The van der Waals surface area contributed by atoms with E-state index in [1.165, 1.54) is 0 Å². The van der Waals surface area contributed by atoms with Crippen LogP contribution in [0.5, 0.6) is 0 Å². The molecule has 0 aliphatic heterocycles. The van der Waals surface area contributed by atoms with Crippen LogP contribution in [0.4, 0.5) is 0 Å². The van der Waals surface area contributed by atoms with Crippen LogP contribution >= 0.6 is 0 Å². The highest BCUT2D eigenvalue weighted by Gasteiger charge is 2.08. The smallest absolute Gasteiger partial charge is 0.261 e. The molecule has 0 aromatic heterocycles. The lowest BCUT2D eigenvalue weighted by Crippen LogP contribution is -2.28. The minimum Gasteiger partial charge on any atom is -0.261 e. The molecule has 0 aromatic rings. The molecule has 0 saturated heterocycles. The highest BCUT2D eigenvalue weighted by atomic mass is 32.2. The Hall–Kier alpha value is -0.480. The number of hydrogen-bond acceptors (Lipinski definition) is 5. The minimum atomic E-state index is -3.71. The predicted molar refractivity (Wildman–Crippen MR) is 65.2 cm³/mol. The van der Waals surface area contributed by atoms with Gasteiger partial charge in [0, 0.05) is 13.1 Å². The van der Waals surface area contributed by atoms with Gasteiger partial charge in [0.1, 0.15) is 0 Å². The largest absolute Gasteiger partial charge is 0.335 e. The molecule has 0 heterocycles. The van der Waals surface area contributed by atoms with Gasteiger partial charge in [0.05, 0.1) is 13.4 Å². The molecule has 0 aliphatic carbocycles. The molecule has 0 rings (SSSR count). The third-order valence-corrected chi connectivity index (χ3v) is 3.58. The maximum atomic E-state index is 11.0. The van der Waals surface area contributed by atoms with Crippen LogP contribution in [-0.2, 0) is 24.5 Å². The van der Waals surface area contributed by atoms with Crippen LogP contribution in [0, 0.1) is 0 Å². The van der Waals surface area contributed by atoms with E-state index in [2.05, 4.69) is 13.6 Å². The van der Waals surface area contributed by atoms with E-state index in [9.17, 15) is 16.8 Å². The maximum absolute atomic E-state index is 11.0. The first-order valence-electron chi connectivity index (χ1n) is 4.84. The van der Waals surface area contributed by atoms with Crippen molar-refractivity contribution >= 4 is 20.3 Å². The molecular weight excluding hydrogens is 268 g/mol. The monoisotopic (exact) mass is 286 g/mol. The van der Waals surface area contributed by atoms with Crippen molar-refractivity contribution in [2.75, 3.05) is 26.5 Å². The Labute approximate surface area is 103 Å². The normalized spacial score (nSPS) is 13.9. The number of sulfonamides is 1. The van der Waals surface area contributed by atoms with Crippen LogP contribution in [0.2, 0.25) is 0 Å². The van der Waals surface area contributed by atoms with E-state index in [1.807, 2.05) is 0 Å². The fraction of sp³-hybridized carbons (Fsp3) is 0.750. The topological polar surface area (TPSA) is 102 Å². The average Bonchev–Trinajstić information content (AvgIpc) is 2.21. The lowest BCUT2D eigenvalue weighted by atomic mass is 10.2. The van der Waals surface area contributed by atoms with E-state index in [-0.39, 0.29) is 13.1 Å². The zero-order chi connectivity index (χ0) is 13.5. The predicted octanol–water partition coefficient (Wildman–Crippen LogP) is -0.647. The van der Waals surface area contributed by atoms with Crippen LogP contribution in [0.3, 0.4) is 0 Å². The summed E-state index contributed by atoms with van der Waals surface area (Å²) in [6.07, 6.45) is 3.22. The molecule has 0 fully saturated rings. The van der Waals surface area contributed by atoms with Gasteiger partial charge in [-0.1, -0.05) is 11.6 Å². The van der Waals surface area contributed by atoms with Crippen molar-refractivity contribution in [3.8, 4) is 0 Å². The molecule has 9 heteroatoms. The Morgan fingerprint density at radius 3 is 2.24 bits per heavy atom. The Morgan fingerprint density at radius 2 is 1.82 bits per heavy atom. The van der Waals surface area contributed by atoms with Crippen molar-refractivity contribution in [1.82, 2.24) is 9.44 Å². The molecule has 0 radical (unpaired) electrons. The Morgan fingerprint density at radius 1 is 1.24 bits per heavy atom. The number of allylic oxidation sites excluding steroid dienone is 1. The lowest BCUT2D eigenvalue weighted by molar-refractivity contribution is 0.388. The van der Waals surface area contributed by atoms with Gasteiger partial charge in [-0.25, -0.2) is 13.1 Å². The number of rotatable bonds is 8. The first-order valence-corrected chi connectivity index (χ1v) is 8.14. The summed E-state index contributed by atoms with van der Waals surface area (Å²) in [5.74, 6) is 0. The molecule has 102 valence electrons. The number of hydrogen-bond donors (Lipinski definition) is 2. The van der Waals surface area contributed by atoms with E-state index in [4.69, 9.17) is 0 Å². The van der Waals surface area contributed by atoms with E-state index in [0.717, 1.165) is 18.9 Å². The summed E-state index contributed by atoms with van der Waals surface area (Å²) < 4.78 is 52.3. The fourth-order valence-electron chi connectivity index (χ4n) is 0.972. The Bertz CT molecular complexity index is 452. The van der Waals surface area contributed by atoms with Crippen LogP contribution in [0.15, 0.2) is 11.6 Å². The van der Waals surface area contributed by atoms with Gasteiger partial charge >= 0.3 is 10.3 Å². The van der Waals surface area contributed by atoms with Gasteiger partial charge < -0.3 is 0 Å². The summed E-state index contributed by atoms with van der Waals surface area (Å²) in [6.45, 7) is 2.07. The van der Waals surface area contributed by atoms with E-state index in [0.29, 0.717) is 6.42 Å². The van der Waals surface area contributed by atoms with Crippen molar-refractivity contribution in [1.29, 1.82) is 0 Å². The minimum absolute atomic E-state index is 0.0954. The molecule has 0 aromatic carbocycles. The molecule has 0 unspecified atom stereocenters. The molecule has 0 amide bonds. The van der Waals surface area contributed by atoms with Gasteiger partial charge in [0.2, 0.25) is 10.0 Å². The highest BCUT2D eigenvalue weighted by molar-refractivity contribution is 7.88. The molecule has 0 saturated carbocycles. The van der Waals surface area contributed by atoms with Gasteiger partial charge in [0.15, 0.2) is 0 Å². The SMILES string of the molecule is C/C=C(/CCNS(C)(=O)=O)CNS(=O)(=O)OC. The third-order valence-electron chi connectivity index (χ3n) is 1.91. The fourth-order valence-corrected chi connectivity index (χ4v) is 1.92. The second-order valence-electron chi connectivity index (χ2n) is 3.31. The summed E-state index contributed by atoms with van der Waals surface area (Å²) in [7, 11) is -5.87. The molecule has 0 spiro atoms. The first-order chi connectivity index (χ1) is 7.70. The van der Waals surface area contributed by atoms with Crippen molar-refractivity contribution in [2.24, 2.45) is 0 Å². The molecule has 17 heavy (non-hydrogen) atoms. The zero-order valence-electron chi connectivity index (χ0n) is 10.1. The number of nitrogens with one attached hydrogen (secondary N) is 2. The van der Waals surface area contributed by atoms with Crippen molar-refractivity contribution in [3.63, 3.8) is 0 Å². The summed E-state index contributed by atoms with van der Waals surface area (Å²) in [5.41, 5.74) is 0.766. The Kier molecular flexibility index (Phi) is 6.87. The van der Waals surface area contributed by atoms with E-state index in [1.54, 1.807) is 13.0 Å². The second-order valence-corrected chi connectivity index (χ2v) is 6.67. The van der Waals surface area contributed by atoms with Crippen molar-refractivity contribution < 1.29 is 21.0 Å². The maximum Gasteiger partial charge on any atom is 0.335 e. The summed E-state index contributed by atoms with van der Waals surface area (Å²) >= 11 is 0.